The fourth-order valence-electron chi connectivity index (χ4n) is 2.01. The van der Waals surface area contributed by atoms with E-state index in [1.165, 1.54) is 0 Å². The summed E-state index contributed by atoms with van der Waals surface area (Å²) in [7, 11) is 0. The monoisotopic (exact) mass is 249 g/mol. The van der Waals surface area contributed by atoms with Gasteiger partial charge in [0.15, 0.2) is 0 Å². The third kappa shape index (κ3) is 2.48. The van der Waals surface area contributed by atoms with Crippen LogP contribution in [0.1, 0.15) is 25.3 Å². The quantitative estimate of drug-likeness (QED) is 0.845. The molecule has 98 valence electrons. The SMILES string of the molecule is CC(CO)C(C)NC(=O)C1COc2ccccc21. The van der Waals surface area contributed by atoms with E-state index in [1.54, 1.807) is 0 Å². The number of ether oxygens (including phenoxy) is 1. The molecule has 0 aromatic heterocycles. The standard InChI is InChI=1S/C14H19NO3/c1-9(7-16)10(2)15-14(17)12-8-18-13-6-4-3-5-11(12)13/h3-6,9-10,12,16H,7-8H2,1-2H3,(H,15,17). The summed E-state index contributed by atoms with van der Waals surface area (Å²) >= 11 is 0. The van der Waals surface area contributed by atoms with Crippen molar-refractivity contribution in [3.05, 3.63) is 29.8 Å². The molecule has 0 saturated carbocycles. The number of carbonyl (C=O) groups excluding carboxylic acids is 1. The number of nitrogens with one attached hydrogen (secondary N) is 1. The molecule has 1 aliphatic heterocycles. The molecule has 1 aromatic carbocycles. The Labute approximate surface area is 107 Å². The molecular formula is C14H19NO3. The predicted octanol–water partition coefficient (Wildman–Crippen LogP) is 1.30. The number of hydrogen-bond acceptors (Lipinski definition) is 3. The van der Waals surface area contributed by atoms with Gasteiger partial charge in [0, 0.05) is 18.2 Å². The zero-order chi connectivity index (χ0) is 13.1. The summed E-state index contributed by atoms with van der Waals surface area (Å²) in [5.41, 5.74) is 0.943. The molecule has 18 heavy (non-hydrogen) atoms. The number of aliphatic hydroxyl groups excluding tert-OH is 1. The zero-order valence-corrected chi connectivity index (χ0v) is 10.7. The van der Waals surface area contributed by atoms with Crippen LogP contribution in [0.25, 0.3) is 0 Å². The van der Waals surface area contributed by atoms with Crippen LogP contribution < -0.4 is 10.1 Å². The molecule has 3 unspecified atom stereocenters. The van der Waals surface area contributed by atoms with Crippen molar-refractivity contribution < 1.29 is 14.6 Å². The summed E-state index contributed by atoms with van der Waals surface area (Å²) in [6.07, 6.45) is 0. The molecule has 1 aromatic rings. The van der Waals surface area contributed by atoms with Crippen LogP contribution in [-0.2, 0) is 4.79 Å². The van der Waals surface area contributed by atoms with Crippen LogP contribution >= 0.6 is 0 Å². The van der Waals surface area contributed by atoms with Crippen LogP contribution in [0.4, 0.5) is 0 Å². The van der Waals surface area contributed by atoms with Crippen LogP contribution in [-0.4, -0.2) is 30.3 Å². The van der Waals surface area contributed by atoms with Crippen LogP contribution in [0.5, 0.6) is 5.75 Å². The second kappa shape index (κ2) is 5.40. The molecule has 0 fully saturated rings. The molecule has 3 atom stereocenters. The fraction of sp³-hybridized carbons (Fsp3) is 0.500. The van der Waals surface area contributed by atoms with Crippen molar-refractivity contribution in [1.82, 2.24) is 5.32 Å². The van der Waals surface area contributed by atoms with Gasteiger partial charge in [-0.1, -0.05) is 25.1 Å². The summed E-state index contributed by atoms with van der Waals surface area (Å²) in [6.45, 7) is 4.27. The third-order valence-corrected chi connectivity index (χ3v) is 3.53. The van der Waals surface area contributed by atoms with Crippen LogP contribution in [0, 0.1) is 5.92 Å². The van der Waals surface area contributed by atoms with Crippen LogP contribution in [0.2, 0.25) is 0 Å². The van der Waals surface area contributed by atoms with Gasteiger partial charge in [-0.25, -0.2) is 0 Å². The van der Waals surface area contributed by atoms with Gasteiger partial charge in [0.05, 0.1) is 0 Å². The molecule has 4 nitrogen and oxygen atoms in total. The van der Waals surface area contributed by atoms with E-state index in [2.05, 4.69) is 5.32 Å². The maximum Gasteiger partial charge on any atom is 0.231 e. The summed E-state index contributed by atoms with van der Waals surface area (Å²) in [6, 6.07) is 7.56. The highest BCUT2D eigenvalue weighted by Crippen LogP contribution is 2.33. The molecule has 0 bridgehead atoms. The van der Waals surface area contributed by atoms with E-state index in [4.69, 9.17) is 9.84 Å². The smallest absolute Gasteiger partial charge is 0.231 e. The van der Waals surface area contributed by atoms with E-state index in [-0.39, 0.29) is 30.4 Å². The molecule has 0 saturated heterocycles. The van der Waals surface area contributed by atoms with Crippen LogP contribution in [0.15, 0.2) is 24.3 Å². The van der Waals surface area contributed by atoms with E-state index >= 15 is 0 Å². The maximum atomic E-state index is 12.2. The van der Waals surface area contributed by atoms with Gasteiger partial charge in [0.2, 0.25) is 5.91 Å². The number of rotatable bonds is 4. The lowest BCUT2D eigenvalue weighted by Gasteiger charge is -2.21. The Kier molecular flexibility index (Phi) is 3.87. The highest BCUT2D eigenvalue weighted by molar-refractivity contribution is 5.85. The van der Waals surface area contributed by atoms with Crippen molar-refractivity contribution in [3.8, 4) is 5.75 Å². The summed E-state index contributed by atoms with van der Waals surface area (Å²) in [4.78, 5) is 12.2. The number of aliphatic hydroxyl groups is 1. The molecule has 2 N–H and O–H groups in total. The first-order chi connectivity index (χ1) is 8.63. The molecule has 4 heteroatoms. The molecule has 1 aliphatic rings. The van der Waals surface area contributed by atoms with Gasteiger partial charge in [-0.3, -0.25) is 4.79 Å². The molecule has 1 heterocycles. The minimum atomic E-state index is -0.241. The Hall–Kier alpha value is -1.55. The molecular weight excluding hydrogens is 230 g/mol. The van der Waals surface area contributed by atoms with Gasteiger partial charge < -0.3 is 15.2 Å². The number of carbonyl (C=O) groups is 1. The number of fused-ring (bicyclic) bond motifs is 1. The van der Waals surface area contributed by atoms with Crippen molar-refractivity contribution in [2.45, 2.75) is 25.8 Å². The first kappa shape index (κ1) is 12.9. The summed E-state index contributed by atoms with van der Waals surface area (Å²) in [5, 5.41) is 12.0. The Morgan fingerprint density at radius 3 is 2.94 bits per heavy atom. The van der Waals surface area contributed by atoms with Crippen molar-refractivity contribution in [2.24, 2.45) is 5.92 Å². The van der Waals surface area contributed by atoms with Crippen LogP contribution in [0.3, 0.4) is 0 Å². The molecule has 0 aliphatic carbocycles. The molecule has 0 radical (unpaired) electrons. The lowest BCUT2D eigenvalue weighted by molar-refractivity contribution is -0.123. The lowest BCUT2D eigenvalue weighted by Crippen LogP contribution is -2.41. The summed E-state index contributed by atoms with van der Waals surface area (Å²) < 4.78 is 5.49. The number of amides is 1. The Bertz CT molecular complexity index is 433. The average molecular weight is 249 g/mol. The van der Waals surface area contributed by atoms with Gasteiger partial charge in [-0.2, -0.15) is 0 Å². The second-order valence-electron chi connectivity index (χ2n) is 4.86. The van der Waals surface area contributed by atoms with Gasteiger partial charge in [-0.05, 0) is 18.9 Å². The average Bonchev–Trinajstić information content (AvgIpc) is 2.81. The molecule has 1 amide bonds. The Balaban J connectivity index is 2.03. The van der Waals surface area contributed by atoms with E-state index < -0.39 is 0 Å². The van der Waals surface area contributed by atoms with Crippen molar-refractivity contribution >= 4 is 5.91 Å². The largest absolute Gasteiger partial charge is 0.492 e. The maximum absolute atomic E-state index is 12.2. The van der Waals surface area contributed by atoms with Gasteiger partial charge in [0.25, 0.3) is 0 Å². The zero-order valence-electron chi connectivity index (χ0n) is 10.7. The highest BCUT2D eigenvalue weighted by Gasteiger charge is 2.31. The highest BCUT2D eigenvalue weighted by atomic mass is 16.5. The summed E-state index contributed by atoms with van der Waals surface area (Å²) in [5.74, 6) is 0.564. The topological polar surface area (TPSA) is 58.6 Å². The van der Waals surface area contributed by atoms with E-state index in [1.807, 2.05) is 38.1 Å². The van der Waals surface area contributed by atoms with Gasteiger partial charge in [0.1, 0.15) is 18.3 Å². The van der Waals surface area contributed by atoms with E-state index in [0.717, 1.165) is 11.3 Å². The number of para-hydroxylation sites is 1. The van der Waals surface area contributed by atoms with Gasteiger partial charge >= 0.3 is 0 Å². The number of benzene rings is 1. The number of hydrogen-bond donors (Lipinski definition) is 2. The molecule has 0 spiro atoms. The van der Waals surface area contributed by atoms with Crippen molar-refractivity contribution in [2.75, 3.05) is 13.2 Å². The minimum absolute atomic E-state index is 0.0345. The fourth-order valence-corrected chi connectivity index (χ4v) is 2.01. The molecule has 2 rings (SSSR count). The van der Waals surface area contributed by atoms with E-state index in [0.29, 0.717) is 6.61 Å². The second-order valence-corrected chi connectivity index (χ2v) is 4.86. The van der Waals surface area contributed by atoms with Crippen molar-refractivity contribution in [1.29, 1.82) is 0 Å². The van der Waals surface area contributed by atoms with Gasteiger partial charge in [-0.15, -0.1) is 0 Å². The normalized spacial score (nSPS) is 20.7. The van der Waals surface area contributed by atoms with E-state index in [9.17, 15) is 4.79 Å². The third-order valence-electron chi connectivity index (χ3n) is 3.53. The Morgan fingerprint density at radius 1 is 1.50 bits per heavy atom. The first-order valence-electron chi connectivity index (χ1n) is 6.26. The first-order valence-corrected chi connectivity index (χ1v) is 6.26. The predicted molar refractivity (Wildman–Crippen MR) is 68.5 cm³/mol. The Morgan fingerprint density at radius 2 is 2.22 bits per heavy atom. The lowest BCUT2D eigenvalue weighted by atomic mass is 9.98. The minimum Gasteiger partial charge on any atom is -0.492 e. The van der Waals surface area contributed by atoms with Crippen molar-refractivity contribution in [3.63, 3.8) is 0 Å².